The van der Waals surface area contributed by atoms with Crippen molar-refractivity contribution in [3.63, 3.8) is 0 Å². The van der Waals surface area contributed by atoms with Gasteiger partial charge < -0.3 is 26.3 Å². The Morgan fingerprint density at radius 1 is 1.29 bits per heavy atom. The largest absolute Gasteiger partial charge is 0.480 e. The number of rotatable bonds is 6. The molecule has 0 saturated carbocycles. The Hall–Kier alpha value is -1.22. The number of nitrogens with one attached hydrogen (secondary N) is 1. The zero-order valence-corrected chi connectivity index (χ0v) is 9.83. The quantitative estimate of drug-likeness (QED) is 0.324. The summed E-state index contributed by atoms with van der Waals surface area (Å²) in [5.41, 5.74) is 6.67. The van der Waals surface area contributed by atoms with Crippen molar-refractivity contribution in [2.24, 2.45) is 11.7 Å². The Kier molecular flexibility index (Phi) is 10.6. The third kappa shape index (κ3) is 8.57. The molecule has 3 atom stereocenters. The first-order valence-electron chi connectivity index (χ1n) is 5.03. The fourth-order valence-electron chi connectivity index (χ4n) is 0.671. The van der Waals surface area contributed by atoms with Gasteiger partial charge in [-0.2, -0.15) is 5.48 Å². The zero-order chi connectivity index (χ0) is 14.0. The van der Waals surface area contributed by atoms with E-state index in [1.807, 2.05) is 13.8 Å². The van der Waals surface area contributed by atoms with E-state index in [1.165, 1.54) is 5.48 Å². The van der Waals surface area contributed by atoms with Gasteiger partial charge in [0, 0.05) is 0 Å². The average molecular weight is 252 g/mol. The molecule has 0 spiro atoms. The minimum absolute atomic E-state index is 0.0718. The number of carboxylic acids is 2. The first-order chi connectivity index (χ1) is 7.81. The Morgan fingerprint density at radius 2 is 1.76 bits per heavy atom. The molecule has 0 aliphatic heterocycles. The average Bonchev–Trinajstić information content (AvgIpc) is 2.28. The summed E-state index contributed by atoms with van der Waals surface area (Å²) in [4.78, 5) is 20.0. The summed E-state index contributed by atoms with van der Waals surface area (Å²) in [7, 11) is 0. The van der Waals surface area contributed by atoms with E-state index in [9.17, 15) is 9.59 Å². The van der Waals surface area contributed by atoms with Gasteiger partial charge in [-0.3, -0.25) is 9.59 Å². The SMILES string of the molecule is CC[C@H](C)[C@H](N)C(=O)O.O=C(O)[C@H](CO)NO. The molecule has 0 fully saturated rings. The van der Waals surface area contributed by atoms with Crippen LogP contribution in [-0.2, 0) is 9.59 Å². The summed E-state index contributed by atoms with van der Waals surface area (Å²) in [6.45, 7) is 3.14. The minimum Gasteiger partial charge on any atom is -0.480 e. The Labute approximate surface area is 99.0 Å². The maximum Gasteiger partial charge on any atom is 0.325 e. The van der Waals surface area contributed by atoms with Crippen LogP contribution < -0.4 is 11.2 Å². The van der Waals surface area contributed by atoms with Crippen LogP contribution in [0.3, 0.4) is 0 Å². The fraction of sp³-hybridized carbons (Fsp3) is 0.778. The van der Waals surface area contributed by atoms with Crippen LogP contribution in [0.5, 0.6) is 0 Å². The van der Waals surface area contributed by atoms with Gasteiger partial charge in [0.1, 0.15) is 6.04 Å². The molecule has 17 heavy (non-hydrogen) atoms. The number of aliphatic hydroxyl groups is 1. The summed E-state index contributed by atoms with van der Waals surface area (Å²) < 4.78 is 0. The second kappa shape index (κ2) is 9.97. The van der Waals surface area contributed by atoms with E-state index in [1.54, 1.807) is 0 Å². The number of carboxylic acid groups (broad SMARTS) is 2. The predicted molar refractivity (Wildman–Crippen MR) is 58.5 cm³/mol. The first-order valence-corrected chi connectivity index (χ1v) is 5.03. The van der Waals surface area contributed by atoms with Gasteiger partial charge >= 0.3 is 11.9 Å². The van der Waals surface area contributed by atoms with Gasteiger partial charge in [-0.05, 0) is 5.92 Å². The van der Waals surface area contributed by atoms with Crippen LogP contribution in [0.1, 0.15) is 20.3 Å². The molecule has 0 saturated heterocycles. The molecule has 0 radical (unpaired) electrons. The van der Waals surface area contributed by atoms with E-state index in [2.05, 4.69) is 0 Å². The molecule has 0 bridgehead atoms. The highest BCUT2D eigenvalue weighted by Gasteiger charge is 2.17. The molecule has 0 aliphatic carbocycles. The van der Waals surface area contributed by atoms with Gasteiger partial charge in [0.15, 0.2) is 6.04 Å². The van der Waals surface area contributed by atoms with Crippen LogP contribution in [0, 0.1) is 5.92 Å². The summed E-state index contributed by atoms with van der Waals surface area (Å²) in [5, 5.41) is 32.3. The van der Waals surface area contributed by atoms with Crippen molar-refractivity contribution >= 4 is 11.9 Å². The fourth-order valence-corrected chi connectivity index (χ4v) is 0.671. The monoisotopic (exact) mass is 252 g/mol. The second-order valence-electron chi connectivity index (χ2n) is 3.45. The van der Waals surface area contributed by atoms with E-state index in [0.717, 1.165) is 6.42 Å². The summed E-state index contributed by atoms with van der Waals surface area (Å²) in [5.74, 6) is -2.12. The third-order valence-corrected chi connectivity index (χ3v) is 2.18. The maximum atomic E-state index is 10.2. The van der Waals surface area contributed by atoms with Crippen molar-refractivity contribution in [1.82, 2.24) is 5.48 Å². The lowest BCUT2D eigenvalue weighted by Gasteiger charge is -2.11. The van der Waals surface area contributed by atoms with Crippen LogP contribution in [0.4, 0.5) is 0 Å². The molecule has 0 heterocycles. The van der Waals surface area contributed by atoms with Crippen molar-refractivity contribution in [3.05, 3.63) is 0 Å². The van der Waals surface area contributed by atoms with Crippen LogP contribution >= 0.6 is 0 Å². The predicted octanol–water partition coefficient (Wildman–Crippen LogP) is -1.14. The zero-order valence-electron chi connectivity index (χ0n) is 9.83. The molecule has 0 aromatic rings. The van der Waals surface area contributed by atoms with Crippen LogP contribution in [0.25, 0.3) is 0 Å². The molecule has 0 unspecified atom stereocenters. The Balaban J connectivity index is 0. The number of aliphatic hydroxyl groups excluding tert-OH is 1. The minimum atomic E-state index is -1.28. The maximum absolute atomic E-state index is 10.2. The van der Waals surface area contributed by atoms with Gasteiger partial charge in [-0.15, -0.1) is 0 Å². The van der Waals surface area contributed by atoms with Crippen LogP contribution in [0.2, 0.25) is 0 Å². The topological polar surface area (TPSA) is 153 Å². The van der Waals surface area contributed by atoms with Gasteiger partial charge in [-0.25, -0.2) is 0 Å². The van der Waals surface area contributed by atoms with Crippen molar-refractivity contribution in [1.29, 1.82) is 0 Å². The standard InChI is InChI=1S/C6H13NO2.C3H7NO4/c1-3-4(2)5(7)6(8)9;5-1-2(4-8)3(6)7/h4-5H,3,7H2,1-2H3,(H,8,9);2,4-5,8H,1H2,(H,6,7)/t4-,5-;2-/m00/s1. The molecule has 0 amide bonds. The Morgan fingerprint density at radius 3 is 1.82 bits per heavy atom. The van der Waals surface area contributed by atoms with Crippen LogP contribution in [0.15, 0.2) is 0 Å². The van der Waals surface area contributed by atoms with E-state index in [4.69, 9.17) is 26.3 Å². The highest BCUT2D eigenvalue weighted by atomic mass is 16.5. The van der Waals surface area contributed by atoms with Gasteiger partial charge in [0.2, 0.25) is 0 Å². The van der Waals surface area contributed by atoms with Gasteiger partial charge in [0.25, 0.3) is 0 Å². The number of carbonyl (C=O) groups is 2. The Bertz CT molecular complexity index is 232. The van der Waals surface area contributed by atoms with E-state index < -0.39 is 30.6 Å². The number of hydrogen-bond donors (Lipinski definition) is 6. The first kappa shape index (κ1) is 18.2. The summed E-state index contributed by atoms with van der Waals surface area (Å²) >= 11 is 0. The second-order valence-corrected chi connectivity index (χ2v) is 3.45. The highest BCUT2D eigenvalue weighted by Crippen LogP contribution is 2.04. The number of aliphatic carboxylic acids is 2. The van der Waals surface area contributed by atoms with E-state index >= 15 is 0 Å². The third-order valence-electron chi connectivity index (χ3n) is 2.18. The lowest BCUT2D eigenvalue weighted by molar-refractivity contribution is -0.143. The smallest absolute Gasteiger partial charge is 0.325 e. The van der Waals surface area contributed by atoms with Crippen molar-refractivity contribution in [2.45, 2.75) is 32.4 Å². The van der Waals surface area contributed by atoms with Gasteiger partial charge in [-0.1, -0.05) is 20.3 Å². The molecule has 0 aromatic carbocycles. The lowest BCUT2D eigenvalue weighted by atomic mass is 10.0. The molecule has 0 rings (SSSR count). The van der Waals surface area contributed by atoms with Crippen LogP contribution in [-0.4, -0.2) is 51.2 Å². The number of nitrogens with two attached hydrogens (primary N) is 1. The van der Waals surface area contributed by atoms with E-state index in [-0.39, 0.29) is 5.92 Å². The molecule has 8 nitrogen and oxygen atoms in total. The molecular weight excluding hydrogens is 232 g/mol. The van der Waals surface area contributed by atoms with Gasteiger partial charge in [0.05, 0.1) is 6.61 Å². The molecule has 102 valence electrons. The molecule has 0 aliphatic rings. The molecule has 8 heteroatoms. The lowest BCUT2D eigenvalue weighted by Crippen LogP contribution is -2.37. The normalized spacial score (nSPS) is 15.1. The highest BCUT2D eigenvalue weighted by molar-refractivity contribution is 5.73. The van der Waals surface area contributed by atoms with Crippen molar-refractivity contribution in [3.8, 4) is 0 Å². The molecular formula is C9H20N2O6. The molecule has 0 aromatic heterocycles. The van der Waals surface area contributed by atoms with Crippen molar-refractivity contribution in [2.75, 3.05) is 6.61 Å². The summed E-state index contributed by atoms with van der Waals surface area (Å²) in [6, 6.07) is -1.97. The van der Waals surface area contributed by atoms with E-state index in [0.29, 0.717) is 0 Å². The number of hydrogen-bond acceptors (Lipinski definition) is 6. The number of hydroxylamine groups is 1. The summed E-state index contributed by atoms with van der Waals surface area (Å²) in [6.07, 6.45) is 0.813. The molecule has 7 N–H and O–H groups in total. The van der Waals surface area contributed by atoms with Crippen molar-refractivity contribution < 1.29 is 30.1 Å².